The van der Waals surface area contributed by atoms with Crippen LogP contribution in [-0.4, -0.2) is 10.8 Å². The smallest absolute Gasteiger partial charge is 0.276 e. The molecule has 4 heteroatoms. The number of alkyl halides is 1. The molecule has 130 valence electrons. The Hall–Kier alpha value is -2.59. The fraction of sp³-hybridized carbons (Fsp3) is 0.136. The molecule has 2 nitrogen and oxygen atoms in total. The maximum absolute atomic E-state index is 16.2. The number of halogens is 1. The number of hydrogen-bond acceptors (Lipinski definition) is 2. The number of amides is 1. The first-order chi connectivity index (χ1) is 12.7. The van der Waals surface area contributed by atoms with Gasteiger partial charge in [0.15, 0.2) is 0 Å². The van der Waals surface area contributed by atoms with Crippen molar-refractivity contribution in [1.29, 1.82) is 0 Å². The molecule has 3 aromatic carbocycles. The highest BCUT2D eigenvalue weighted by atomic mass is 32.2. The third kappa shape index (κ3) is 3.13. The van der Waals surface area contributed by atoms with E-state index in [9.17, 15) is 4.79 Å². The molecule has 0 aromatic heterocycles. The van der Waals surface area contributed by atoms with E-state index in [1.54, 1.807) is 17.0 Å². The zero-order chi connectivity index (χ0) is 18.0. The van der Waals surface area contributed by atoms with Gasteiger partial charge in [-0.05, 0) is 23.3 Å². The largest absolute Gasteiger partial charge is 0.330 e. The summed E-state index contributed by atoms with van der Waals surface area (Å²) in [7, 11) is 0. The van der Waals surface area contributed by atoms with Gasteiger partial charge in [-0.3, -0.25) is 4.79 Å². The first-order valence-electron chi connectivity index (χ1n) is 8.51. The van der Waals surface area contributed by atoms with Crippen LogP contribution in [0.3, 0.4) is 0 Å². The summed E-state index contributed by atoms with van der Waals surface area (Å²) in [6.07, 6.45) is 0. The molecule has 0 spiro atoms. The lowest BCUT2D eigenvalue weighted by Crippen LogP contribution is -2.46. The van der Waals surface area contributed by atoms with E-state index >= 15 is 4.39 Å². The number of nitrogens with zero attached hydrogens (tertiary/aromatic N) is 1. The molecule has 0 bridgehead atoms. The van der Waals surface area contributed by atoms with E-state index < -0.39 is 10.9 Å². The summed E-state index contributed by atoms with van der Waals surface area (Å²) in [6.45, 7) is 0.819. The average molecular weight is 363 g/mol. The molecule has 4 rings (SSSR count). The van der Waals surface area contributed by atoms with Crippen LogP contribution in [-0.2, 0) is 22.9 Å². The van der Waals surface area contributed by atoms with Crippen LogP contribution in [0, 0.1) is 0 Å². The zero-order valence-corrected chi connectivity index (χ0v) is 15.0. The van der Waals surface area contributed by atoms with Crippen LogP contribution in [0.15, 0.2) is 89.8 Å². The monoisotopic (exact) mass is 363 g/mol. The van der Waals surface area contributed by atoms with Crippen LogP contribution in [0.5, 0.6) is 0 Å². The van der Waals surface area contributed by atoms with E-state index in [0.717, 1.165) is 27.8 Å². The second-order valence-electron chi connectivity index (χ2n) is 6.31. The van der Waals surface area contributed by atoms with Crippen molar-refractivity contribution < 1.29 is 9.18 Å². The van der Waals surface area contributed by atoms with Gasteiger partial charge in [-0.2, -0.15) is 0 Å². The minimum Gasteiger partial charge on any atom is -0.330 e. The first kappa shape index (κ1) is 16.9. The van der Waals surface area contributed by atoms with E-state index in [2.05, 4.69) is 0 Å². The normalized spacial score (nSPS) is 19.3. The summed E-state index contributed by atoms with van der Waals surface area (Å²) in [4.78, 5) is 15.5. The highest BCUT2D eigenvalue weighted by Gasteiger charge is 2.49. The molecule has 0 saturated carbocycles. The lowest BCUT2D eigenvalue weighted by atomic mass is 9.96. The summed E-state index contributed by atoms with van der Waals surface area (Å²) in [5.74, 6) is -0.492. The minimum atomic E-state index is -2.12. The molecule has 0 N–H and O–H groups in total. The number of hydrogen-bond donors (Lipinski definition) is 0. The maximum Gasteiger partial charge on any atom is 0.276 e. The molecule has 0 radical (unpaired) electrons. The topological polar surface area (TPSA) is 20.3 Å². The highest BCUT2D eigenvalue weighted by molar-refractivity contribution is 8.00. The van der Waals surface area contributed by atoms with Crippen molar-refractivity contribution in [3.8, 4) is 0 Å². The number of rotatable bonds is 4. The molecule has 1 atom stereocenters. The van der Waals surface area contributed by atoms with Gasteiger partial charge in [-0.25, -0.2) is 4.39 Å². The van der Waals surface area contributed by atoms with Crippen LogP contribution < -0.4 is 0 Å². The van der Waals surface area contributed by atoms with E-state index in [0.29, 0.717) is 18.7 Å². The van der Waals surface area contributed by atoms with Crippen LogP contribution in [0.25, 0.3) is 0 Å². The van der Waals surface area contributed by atoms with Gasteiger partial charge < -0.3 is 4.90 Å². The molecule has 0 aliphatic carbocycles. The second kappa shape index (κ2) is 6.96. The number of carbonyl (C=O) groups is 1. The molecule has 1 unspecified atom stereocenters. The Kier molecular flexibility index (Phi) is 4.51. The average Bonchev–Trinajstić information content (AvgIpc) is 2.68. The SMILES string of the molecule is O=C1N(Cc2ccccc2)Cc2ccccc2C1(F)Sc1ccccc1. The summed E-state index contributed by atoms with van der Waals surface area (Å²) >= 11 is 0.974. The Morgan fingerprint density at radius 2 is 1.50 bits per heavy atom. The van der Waals surface area contributed by atoms with E-state index in [4.69, 9.17) is 0 Å². The van der Waals surface area contributed by atoms with Gasteiger partial charge >= 0.3 is 0 Å². The summed E-state index contributed by atoms with van der Waals surface area (Å²) in [5.41, 5.74) is 2.31. The summed E-state index contributed by atoms with van der Waals surface area (Å²) < 4.78 is 16.2. The van der Waals surface area contributed by atoms with Crippen molar-refractivity contribution in [2.45, 2.75) is 23.0 Å². The minimum absolute atomic E-state index is 0.398. The Bertz CT molecular complexity index is 916. The maximum atomic E-state index is 16.2. The third-order valence-electron chi connectivity index (χ3n) is 4.51. The lowest BCUT2D eigenvalue weighted by molar-refractivity contribution is -0.141. The van der Waals surface area contributed by atoms with Gasteiger partial charge in [0.05, 0.1) is 0 Å². The highest BCUT2D eigenvalue weighted by Crippen LogP contribution is 2.48. The van der Waals surface area contributed by atoms with Crippen LogP contribution in [0.4, 0.5) is 4.39 Å². The Morgan fingerprint density at radius 3 is 2.23 bits per heavy atom. The van der Waals surface area contributed by atoms with Crippen LogP contribution in [0.2, 0.25) is 0 Å². The van der Waals surface area contributed by atoms with Gasteiger partial charge in [0.25, 0.3) is 10.9 Å². The molecule has 26 heavy (non-hydrogen) atoms. The number of fused-ring (bicyclic) bond motifs is 1. The van der Waals surface area contributed by atoms with Crippen LogP contribution >= 0.6 is 11.8 Å². The molecule has 1 aliphatic heterocycles. The molecule has 3 aromatic rings. The number of thioether (sulfide) groups is 1. The van der Waals surface area contributed by atoms with Crippen molar-refractivity contribution in [3.63, 3.8) is 0 Å². The fourth-order valence-corrected chi connectivity index (χ4v) is 4.39. The Balaban J connectivity index is 1.72. The van der Waals surface area contributed by atoms with E-state index in [-0.39, 0.29) is 0 Å². The fourth-order valence-electron chi connectivity index (χ4n) is 3.25. The van der Waals surface area contributed by atoms with Crippen molar-refractivity contribution >= 4 is 17.7 Å². The molecule has 0 saturated heterocycles. The standard InChI is InChI=1S/C22H18FNOS/c23-22(26-19-12-5-2-6-13-19)20-14-8-7-11-18(20)16-24(21(22)25)15-17-9-3-1-4-10-17/h1-14H,15-16H2. The number of carbonyl (C=O) groups excluding carboxylic acids is 1. The van der Waals surface area contributed by atoms with Gasteiger partial charge in [-0.1, -0.05) is 84.6 Å². The Morgan fingerprint density at radius 1 is 0.885 bits per heavy atom. The third-order valence-corrected chi connectivity index (χ3v) is 5.69. The first-order valence-corrected chi connectivity index (χ1v) is 9.33. The molecule has 0 fully saturated rings. The van der Waals surface area contributed by atoms with E-state index in [1.807, 2.05) is 72.8 Å². The molecular weight excluding hydrogens is 345 g/mol. The molecular formula is C22H18FNOS. The Labute approximate surface area is 156 Å². The number of benzene rings is 3. The van der Waals surface area contributed by atoms with Gasteiger partial charge in [-0.15, -0.1) is 0 Å². The van der Waals surface area contributed by atoms with E-state index in [1.165, 1.54) is 0 Å². The van der Waals surface area contributed by atoms with Crippen molar-refractivity contribution in [3.05, 3.63) is 102 Å². The van der Waals surface area contributed by atoms with Crippen molar-refractivity contribution in [2.75, 3.05) is 0 Å². The summed E-state index contributed by atoms with van der Waals surface area (Å²) in [6, 6.07) is 26.3. The predicted octanol–water partition coefficient (Wildman–Crippen LogP) is 5.14. The quantitative estimate of drug-likeness (QED) is 0.639. The van der Waals surface area contributed by atoms with Gasteiger partial charge in [0.1, 0.15) is 0 Å². The van der Waals surface area contributed by atoms with Crippen molar-refractivity contribution in [2.24, 2.45) is 0 Å². The van der Waals surface area contributed by atoms with Crippen LogP contribution in [0.1, 0.15) is 16.7 Å². The zero-order valence-electron chi connectivity index (χ0n) is 14.1. The van der Waals surface area contributed by atoms with Gasteiger partial charge in [0, 0.05) is 23.5 Å². The molecule has 1 amide bonds. The second-order valence-corrected chi connectivity index (χ2v) is 7.55. The molecule has 1 heterocycles. The molecule has 1 aliphatic rings. The summed E-state index contributed by atoms with van der Waals surface area (Å²) in [5, 5.41) is -2.12. The van der Waals surface area contributed by atoms with Gasteiger partial charge in [0.2, 0.25) is 0 Å². The predicted molar refractivity (Wildman–Crippen MR) is 102 cm³/mol. The lowest BCUT2D eigenvalue weighted by Gasteiger charge is -2.37. The van der Waals surface area contributed by atoms with Crippen molar-refractivity contribution in [1.82, 2.24) is 4.90 Å².